The van der Waals surface area contributed by atoms with Gasteiger partial charge in [0.25, 0.3) is 5.91 Å². The van der Waals surface area contributed by atoms with Crippen molar-refractivity contribution in [3.05, 3.63) is 53.7 Å². The number of aromatic amines is 1. The molecule has 1 spiro atoms. The number of amides is 1. The summed E-state index contributed by atoms with van der Waals surface area (Å²) in [5.41, 5.74) is 1.97. The number of carbonyl (C=O) groups is 2. The minimum absolute atomic E-state index is 0.0117. The van der Waals surface area contributed by atoms with E-state index in [0.29, 0.717) is 60.2 Å². The van der Waals surface area contributed by atoms with Crippen LogP contribution in [0, 0.1) is 0 Å². The maximum absolute atomic E-state index is 13.4. The Morgan fingerprint density at radius 3 is 2.72 bits per heavy atom. The largest absolute Gasteiger partial charge is 0.507 e. The number of phenols is 1. The zero-order valence-corrected chi connectivity index (χ0v) is 19.5. The van der Waals surface area contributed by atoms with Gasteiger partial charge < -0.3 is 19.3 Å². The molecular weight excluding hydrogens is 460 g/mol. The van der Waals surface area contributed by atoms with E-state index in [0.717, 1.165) is 23.7 Å². The van der Waals surface area contributed by atoms with E-state index in [1.807, 2.05) is 24.4 Å². The molecule has 0 unspecified atom stereocenters. The van der Waals surface area contributed by atoms with Crippen LogP contribution in [0.25, 0.3) is 22.3 Å². The highest BCUT2D eigenvalue weighted by Crippen LogP contribution is 2.42. The van der Waals surface area contributed by atoms with Gasteiger partial charge in [-0.2, -0.15) is 5.21 Å². The molecule has 2 aliphatic heterocycles. The van der Waals surface area contributed by atoms with Gasteiger partial charge in [0.1, 0.15) is 17.1 Å². The van der Waals surface area contributed by atoms with E-state index < -0.39 is 5.60 Å². The van der Waals surface area contributed by atoms with Crippen molar-refractivity contribution in [1.29, 1.82) is 0 Å². The Kier molecular flexibility index (Phi) is 4.48. The number of ketones is 1. The number of ether oxygens (including phenoxy) is 1. The van der Waals surface area contributed by atoms with Crippen LogP contribution in [-0.4, -0.2) is 65.6 Å². The van der Waals surface area contributed by atoms with Crippen molar-refractivity contribution in [2.75, 3.05) is 13.1 Å². The highest BCUT2D eigenvalue weighted by atomic mass is 16.5. The van der Waals surface area contributed by atoms with E-state index in [2.05, 4.69) is 25.2 Å². The second-order valence-electron chi connectivity index (χ2n) is 10.0. The van der Waals surface area contributed by atoms with E-state index in [1.54, 1.807) is 23.1 Å². The summed E-state index contributed by atoms with van der Waals surface area (Å²) in [6, 6.07) is 11.1. The maximum Gasteiger partial charge on any atom is 0.254 e. The first-order valence-electron chi connectivity index (χ1n) is 12.2. The van der Waals surface area contributed by atoms with Gasteiger partial charge in [-0.05, 0) is 54.5 Å². The number of aromatic hydroxyl groups is 1. The normalized spacial score (nSPS) is 18.9. The first-order valence-corrected chi connectivity index (χ1v) is 12.2. The van der Waals surface area contributed by atoms with Gasteiger partial charge in [-0.25, -0.2) is 0 Å². The summed E-state index contributed by atoms with van der Waals surface area (Å²) in [6.07, 6.45) is 5.61. The van der Waals surface area contributed by atoms with Crippen molar-refractivity contribution in [2.45, 2.75) is 43.7 Å². The van der Waals surface area contributed by atoms with Crippen LogP contribution < -0.4 is 4.74 Å². The Labute approximate surface area is 205 Å². The molecule has 182 valence electrons. The molecule has 2 aromatic heterocycles. The number of Topliss-reactive ketones (excluding diaryl/α,β-unsaturated/α-hetero) is 1. The molecule has 0 bridgehead atoms. The number of piperidine rings is 1. The quantitative estimate of drug-likeness (QED) is 0.456. The standard InChI is InChI=1S/C26H24N6O4/c33-21-13-16(12-20-18(21)5-8-32(20)17-2-3-17)25(35)31-9-6-26(7-10-31)14-22(34)19-11-15(1-4-23(19)36-26)24-27-29-30-28-24/h1,4-5,8,11-13,17,33H,2-3,6-7,9-10,14H2,(H,27,28,29,30). The van der Waals surface area contributed by atoms with Crippen LogP contribution in [0.15, 0.2) is 42.6 Å². The second-order valence-corrected chi connectivity index (χ2v) is 10.0. The molecule has 2 aromatic carbocycles. The third-order valence-corrected chi connectivity index (χ3v) is 7.66. The fourth-order valence-corrected chi connectivity index (χ4v) is 5.53. The second kappa shape index (κ2) is 7.64. The van der Waals surface area contributed by atoms with Crippen molar-refractivity contribution >= 4 is 22.6 Å². The molecule has 0 atom stereocenters. The van der Waals surface area contributed by atoms with Crippen molar-refractivity contribution < 1.29 is 19.4 Å². The van der Waals surface area contributed by atoms with Crippen molar-refractivity contribution in [3.8, 4) is 22.9 Å². The van der Waals surface area contributed by atoms with Crippen molar-refractivity contribution in [3.63, 3.8) is 0 Å². The predicted molar refractivity (Wildman–Crippen MR) is 129 cm³/mol. The summed E-state index contributed by atoms with van der Waals surface area (Å²) in [6.45, 7) is 0.954. The summed E-state index contributed by atoms with van der Waals surface area (Å²) in [7, 11) is 0. The lowest BCUT2D eigenvalue weighted by molar-refractivity contribution is -0.00570. The van der Waals surface area contributed by atoms with Crippen LogP contribution >= 0.6 is 0 Å². The molecule has 36 heavy (non-hydrogen) atoms. The van der Waals surface area contributed by atoms with E-state index >= 15 is 0 Å². The number of nitrogens with one attached hydrogen (secondary N) is 1. The summed E-state index contributed by atoms with van der Waals surface area (Å²) < 4.78 is 8.54. The van der Waals surface area contributed by atoms with Gasteiger partial charge in [-0.15, -0.1) is 10.2 Å². The number of rotatable bonds is 3. The van der Waals surface area contributed by atoms with E-state index in [4.69, 9.17) is 4.74 Å². The number of fused-ring (bicyclic) bond motifs is 2. The Morgan fingerprint density at radius 2 is 1.97 bits per heavy atom. The fourth-order valence-electron chi connectivity index (χ4n) is 5.53. The Balaban J connectivity index is 1.09. The van der Waals surface area contributed by atoms with E-state index in [1.165, 1.54) is 0 Å². The van der Waals surface area contributed by atoms with Gasteiger partial charge in [-0.1, -0.05) is 0 Å². The SMILES string of the molecule is O=C1CC2(CCN(C(=O)c3cc(O)c4ccn(C5CC5)c4c3)CC2)Oc2ccc(-c3nn[nH]n3)cc21. The number of H-pyrrole nitrogens is 1. The molecule has 1 saturated carbocycles. The summed E-state index contributed by atoms with van der Waals surface area (Å²) in [4.78, 5) is 28.3. The lowest BCUT2D eigenvalue weighted by atomic mass is 9.82. The zero-order chi connectivity index (χ0) is 24.4. The van der Waals surface area contributed by atoms with Gasteiger partial charge in [0.05, 0.1) is 17.5 Å². The zero-order valence-electron chi connectivity index (χ0n) is 19.5. The first-order chi connectivity index (χ1) is 17.5. The highest BCUT2D eigenvalue weighted by Gasteiger charge is 2.44. The lowest BCUT2D eigenvalue weighted by Crippen LogP contribution is -2.52. The number of nitrogens with zero attached hydrogens (tertiary/aromatic N) is 5. The van der Waals surface area contributed by atoms with E-state index in [9.17, 15) is 14.7 Å². The Morgan fingerprint density at radius 1 is 1.14 bits per heavy atom. The molecular formula is C26H24N6O4. The highest BCUT2D eigenvalue weighted by molar-refractivity contribution is 6.02. The number of likely N-dealkylation sites (tertiary alicyclic amines) is 1. The molecule has 4 aromatic rings. The van der Waals surface area contributed by atoms with Gasteiger partial charge in [0, 0.05) is 54.7 Å². The smallest absolute Gasteiger partial charge is 0.254 e. The molecule has 3 aliphatic rings. The molecule has 0 radical (unpaired) electrons. The molecule has 1 saturated heterocycles. The molecule has 7 rings (SSSR count). The van der Waals surface area contributed by atoms with Crippen LogP contribution in [0.5, 0.6) is 11.5 Å². The molecule has 1 amide bonds. The average Bonchev–Trinajstić information content (AvgIpc) is 3.38. The Hall–Kier alpha value is -4.21. The number of benzene rings is 2. The van der Waals surface area contributed by atoms with Crippen LogP contribution in [-0.2, 0) is 0 Å². The maximum atomic E-state index is 13.4. The summed E-state index contributed by atoms with van der Waals surface area (Å²) in [5.74, 6) is 0.998. The van der Waals surface area contributed by atoms with Gasteiger partial charge in [0.2, 0.25) is 5.82 Å². The van der Waals surface area contributed by atoms with Gasteiger partial charge >= 0.3 is 0 Å². The molecule has 2 fully saturated rings. The van der Waals surface area contributed by atoms with Crippen molar-refractivity contribution in [1.82, 2.24) is 30.1 Å². The number of phenolic OH excluding ortho intramolecular Hbond substituents is 1. The van der Waals surface area contributed by atoms with Gasteiger partial charge in [-0.3, -0.25) is 9.59 Å². The number of tetrazole rings is 1. The molecule has 10 nitrogen and oxygen atoms in total. The monoisotopic (exact) mass is 484 g/mol. The van der Waals surface area contributed by atoms with Crippen LogP contribution in [0.1, 0.15) is 58.9 Å². The topological polar surface area (TPSA) is 126 Å². The Bertz CT molecular complexity index is 1510. The summed E-state index contributed by atoms with van der Waals surface area (Å²) >= 11 is 0. The first kappa shape index (κ1) is 21.1. The lowest BCUT2D eigenvalue weighted by Gasteiger charge is -2.44. The third kappa shape index (κ3) is 3.35. The predicted octanol–water partition coefficient (Wildman–Crippen LogP) is 3.50. The van der Waals surface area contributed by atoms with Gasteiger partial charge in [0.15, 0.2) is 5.78 Å². The van der Waals surface area contributed by atoms with Crippen LogP contribution in [0.4, 0.5) is 0 Å². The fraction of sp³-hybridized carbons (Fsp3) is 0.346. The number of hydrogen-bond donors (Lipinski definition) is 2. The molecule has 1 aliphatic carbocycles. The minimum atomic E-state index is -0.624. The molecule has 10 heteroatoms. The number of aromatic nitrogens is 5. The number of hydrogen-bond acceptors (Lipinski definition) is 7. The summed E-state index contributed by atoms with van der Waals surface area (Å²) in [5, 5.41) is 25.3. The van der Waals surface area contributed by atoms with Crippen LogP contribution in [0.3, 0.4) is 0 Å². The molecule has 2 N–H and O–H groups in total. The minimum Gasteiger partial charge on any atom is -0.507 e. The van der Waals surface area contributed by atoms with E-state index in [-0.39, 0.29) is 23.9 Å². The number of carbonyl (C=O) groups excluding carboxylic acids is 2. The van der Waals surface area contributed by atoms with Crippen molar-refractivity contribution in [2.24, 2.45) is 0 Å². The third-order valence-electron chi connectivity index (χ3n) is 7.66. The average molecular weight is 485 g/mol. The molecule has 4 heterocycles. The van der Waals surface area contributed by atoms with Crippen LogP contribution in [0.2, 0.25) is 0 Å².